The van der Waals surface area contributed by atoms with Gasteiger partial charge in [0.05, 0.1) is 4.92 Å². The van der Waals surface area contributed by atoms with Gasteiger partial charge in [0, 0.05) is 23.4 Å². The van der Waals surface area contributed by atoms with E-state index in [0.717, 1.165) is 6.07 Å². The third kappa shape index (κ3) is 2.41. The molecule has 0 aromatic heterocycles. The number of anilines is 1. The van der Waals surface area contributed by atoms with Crippen molar-refractivity contribution in [3.05, 3.63) is 69.3 Å². The summed E-state index contributed by atoms with van der Waals surface area (Å²) in [4.78, 5) is 36.5. The van der Waals surface area contributed by atoms with Crippen LogP contribution in [0, 0.1) is 21.4 Å². The fourth-order valence-corrected chi connectivity index (χ4v) is 3.38. The second-order valence-corrected chi connectivity index (χ2v) is 5.96. The van der Waals surface area contributed by atoms with E-state index in [1.165, 1.54) is 25.1 Å². The molecule has 0 aliphatic carbocycles. The summed E-state index contributed by atoms with van der Waals surface area (Å²) in [5.41, 5.74) is 3.09. The molecule has 2 heterocycles. The van der Waals surface area contributed by atoms with E-state index in [1.54, 1.807) is 6.07 Å². The van der Waals surface area contributed by atoms with E-state index >= 15 is 0 Å². The normalized spacial score (nSPS) is 20.2. The fourth-order valence-electron chi connectivity index (χ4n) is 3.38. The number of rotatable bonds is 4. The minimum atomic E-state index is -2.03. The number of fused-ring (bicyclic) bond motifs is 2. The lowest BCUT2D eigenvalue weighted by atomic mass is 9.68. The smallest absolute Gasteiger partial charge is 0.339 e. The average molecular weight is 382 g/mol. The Hall–Kier alpha value is -4.13. The Balaban J connectivity index is 2.38. The SMILES string of the molecule is C=CCOC(=O)C1=C(C)OC(N)=C(C#N)[C@]12C(=O)Nc1ccc([N+](=O)[O-])cc12. The van der Waals surface area contributed by atoms with Crippen LogP contribution in [0.1, 0.15) is 12.5 Å². The Morgan fingerprint density at radius 1 is 1.57 bits per heavy atom. The quantitative estimate of drug-likeness (QED) is 0.343. The molecule has 3 N–H and O–H groups in total. The highest BCUT2D eigenvalue weighted by molar-refractivity contribution is 6.17. The molecule has 0 radical (unpaired) electrons. The zero-order valence-electron chi connectivity index (χ0n) is 14.6. The number of nitro benzene ring substituents is 1. The second-order valence-electron chi connectivity index (χ2n) is 5.96. The van der Waals surface area contributed by atoms with Crippen LogP contribution in [-0.2, 0) is 24.5 Å². The van der Waals surface area contributed by atoms with Gasteiger partial charge in [0.2, 0.25) is 11.8 Å². The fraction of sp³-hybridized carbons (Fsp3) is 0.167. The van der Waals surface area contributed by atoms with E-state index in [1.807, 2.05) is 0 Å². The van der Waals surface area contributed by atoms with Crippen molar-refractivity contribution in [1.29, 1.82) is 5.26 Å². The second kappa shape index (κ2) is 6.55. The van der Waals surface area contributed by atoms with Crippen molar-refractivity contribution in [1.82, 2.24) is 0 Å². The number of non-ortho nitro benzene ring substituents is 1. The van der Waals surface area contributed by atoms with Crippen LogP contribution in [0.3, 0.4) is 0 Å². The van der Waals surface area contributed by atoms with Gasteiger partial charge in [0.15, 0.2) is 5.41 Å². The summed E-state index contributed by atoms with van der Waals surface area (Å²) in [6, 6.07) is 5.45. The van der Waals surface area contributed by atoms with Crippen LogP contribution in [0.5, 0.6) is 0 Å². The molecule has 0 unspecified atom stereocenters. The van der Waals surface area contributed by atoms with Crippen LogP contribution in [0.25, 0.3) is 0 Å². The van der Waals surface area contributed by atoms with Crippen molar-refractivity contribution in [3.63, 3.8) is 0 Å². The van der Waals surface area contributed by atoms with Crippen molar-refractivity contribution < 1.29 is 24.0 Å². The van der Waals surface area contributed by atoms with Gasteiger partial charge in [-0.05, 0) is 13.0 Å². The lowest BCUT2D eigenvalue weighted by molar-refractivity contribution is -0.384. The summed E-state index contributed by atoms with van der Waals surface area (Å²) < 4.78 is 10.4. The molecule has 1 atom stereocenters. The number of nitrogens with one attached hydrogen (secondary N) is 1. The predicted molar refractivity (Wildman–Crippen MR) is 95.2 cm³/mol. The van der Waals surface area contributed by atoms with Crippen molar-refractivity contribution >= 4 is 23.3 Å². The van der Waals surface area contributed by atoms with Crippen LogP contribution in [0.15, 0.2) is 53.6 Å². The molecule has 0 bridgehead atoms. The number of nitrogens with two attached hydrogens (primary N) is 1. The van der Waals surface area contributed by atoms with E-state index in [4.69, 9.17) is 15.2 Å². The first-order valence-corrected chi connectivity index (χ1v) is 7.96. The number of nitro groups is 1. The summed E-state index contributed by atoms with van der Waals surface area (Å²) in [7, 11) is 0. The maximum atomic E-state index is 13.1. The number of esters is 1. The van der Waals surface area contributed by atoms with Crippen LogP contribution in [-0.4, -0.2) is 23.4 Å². The Labute approximate surface area is 158 Å². The van der Waals surface area contributed by atoms with Crippen molar-refractivity contribution in [2.45, 2.75) is 12.3 Å². The number of nitrogens with zero attached hydrogens (tertiary/aromatic N) is 2. The standard InChI is InChI=1S/C18H14N4O6/c1-3-6-27-16(23)14-9(2)28-15(20)12(8-19)18(14)11-7-10(22(25)26)4-5-13(11)21-17(18)24/h3-5,7H,1,6,20H2,2H3,(H,21,24)/t18-/m0/s1. The third-order valence-corrected chi connectivity index (χ3v) is 4.47. The van der Waals surface area contributed by atoms with Crippen LogP contribution in [0.2, 0.25) is 0 Å². The Morgan fingerprint density at radius 3 is 2.89 bits per heavy atom. The number of amides is 1. The summed E-state index contributed by atoms with van der Waals surface area (Å²) in [5, 5.41) is 23.5. The molecule has 28 heavy (non-hydrogen) atoms. The van der Waals surface area contributed by atoms with Crippen molar-refractivity contribution in [2.75, 3.05) is 11.9 Å². The molecule has 2 aliphatic heterocycles. The molecule has 1 spiro atoms. The highest BCUT2D eigenvalue weighted by atomic mass is 16.6. The van der Waals surface area contributed by atoms with E-state index in [0.29, 0.717) is 0 Å². The number of benzene rings is 1. The Bertz CT molecular complexity index is 1050. The number of allylic oxidation sites excluding steroid dienone is 1. The van der Waals surface area contributed by atoms with E-state index in [2.05, 4.69) is 11.9 Å². The maximum Gasteiger partial charge on any atom is 0.339 e. The number of ether oxygens (including phenoxy) is 2. The summed E-state index contributed by atoms with van der Waals surface area (Å²) >= 11 is 0. The zero-order valence-corrected chi connectivity index (χ0v) is 14.6. The number of nitriles is 1. The summed E-state index contributed by atoms with van der Waals surface area (Å²) in [6.07, 6.45) is 1.33. The molecule has 1 amide bonds. The lowest BCUT2D eigenvalue weighted by Gasteiger charge is -2.33. The van der Waals surface area contributed by atoms with E-state index < -0.39 is 22.2 Å². The van der Waals surface area contributed by atoms with Crippen LogP contribution >= 0.6 is 0 Å². The Kier molecular flexibility index (Phi) is 4.36. The first kappa shape index (κ1) is 18.7. The molecule has 1 aromatic carbocycles. The van der Waals surface area contributed by atoms with Gasteiger partial charge in [-0.1, -0.05) is 12.7 Å². The number of carbonyl (C=O) groups excluding carboxylic acids is 2. The molecule has 10 nitrogen and oxygen atoms in total. The molecule has 2 aliphatic rings. The zero-order chi connectivity index (χ0) is 20.6. The maximum absolute atomic E-state index is 13.1. The molecule has 3 rings (SSSR count). The molecule has 0 saturated carbocycles. The molecule has 0 saturated heterocycles. The molecular weight excluding hydrogens is 368 g/mol. The minimum absolute atomic E-state index is 0.0411. The molecule has 1 aromatic rings. The average Bonchev–Trinajstić information content (AvgIpc) is 2.92. The van der Waals surface area contributed by atoms with Gasteiger partial charge >= 0.3 is 5.97 Å². The van der Waals surface area contributed by atoms with Crippen molar-refractivity contribution in [2.24, 2.45) is 5.73 Å². The Morgan fingerprint density at radius 2 is 2.29 bits per heavy atom. The topological polar surface area (TPSA) is 158 Å². The van der Waals surface area contributed by atoms with Crippen molar-refractivity contribution in [3.8, 4) is 6.07 Å². The number of carbonyl (C=O) groups is 2. The molecule has 142 valence electrons. The van der Waals surface area contributed by atoms with Crippen LogP contribution < -0.4 is 11.1 Å². The monoisotopic (exact) mass is 382 g/mol. The number of hydrogen-bond acceptors (Lipinski definition) is 8. The summed E-state index contributed by atoms with van der Waals surface area (Å²) in [6.45, 7) is 4.68. The molecule has 10 heteroatoms. The van der Waals surface area contributed by atoms with Gasteiger partial charge in [0.1, 0.15) is 29.6 Å². The number of hydrogen-bond donors (Lipinski definition) is 2. The largest absolute Gasteiger partial charge is 0.458 e. The minimum Gasteiger partial charge on any atom is -0.458 e. The van der Waals surface area contributed by atoms with Gasteiger partial charge in [-0.2, -0.15) is 5.26 Å². The highest BCUT2D eigenvalue weighted by Crippen LogP contribution is 2.52. The highest BCUT2D eigenvalue weighted by Gasteiger charge is 2.60. The van der Waals surface area contributed by atoms with E-state index in [9.17, 15) is 25.0 Å². The van der Waals surface area contributed by atoms with Gasteiger partial charge in [0.25, 0.3) is 5.69 Å². The van der Waals surface area contributed by atoms with Gasteiger partial charge in [-0.25, -0.2) is 4.79 Å². The van der Waals surface area contributed by atoms with E-state index in [-0.39, 0.29) is 46.3 Å². The van der Waals surface area contributed by atoms with Gasteiger partial charge < -0.3 is 20.5 Å². The van der Waals surface area contributed by atoms with Gasteiger partial charge in [-0.3, -0.25) is 14.9 Å². The lowest BCUT2D eigenvalue weighted by Crippen LogP contribution is -2.45. The first-order chi connectivity index (χ1) is 13.3. The van der Waals surface area contributed by atoms with Gasteiger partial charge in [-0.15, -0.1) is 0 Å². The summed E-state index contributed by atoms with van der Waals surface area (Å²) in [5.74, 6) is -2.14. The third-order valence-electron chi connectivity index (χ3n) is 4.47. The predicted octanol–water partition coefficient (Wildman–Crippen LogP) is 1.51. The molecule has 0 fully saturated rings. The first-order valence-electron chi connectivity index (χ1n) is 7.96. The molecular formula is C18H14N4O6. The van der Waals surface area contributed by atoms with Crippen LogP contribution in [0.4, 0.5) is 11.4 Å².